The third-order valence-electron chi connectivity index (χ3n) is 3.11. The second-order valence-electron chi connectivity index (χ2n) is 4.35. The summed E-state index contributed by atoms with van der Waals surface area (Å²) < 4.78 is 17.4. The van der Waals surface area contributed by atoms with E-state index in [4.69, 9.17) is 14.2 Å². The number of rotatable bonds is 6. The molecule has 0 fully saturated rings. The van der Waals surface area contributed by atoms with E-state index in [0.29, 0.717) is 23.8 Å². The molecule has 0 aromatic heterocycles. The van der Waals surface area contributed by atoms with Crippen LogP contribution in [0.5, 0.6) is 17.2 Å². The Hall–Kier alpha value is -1.63. The van der Waals surface area contributed by atoms with Crippen LogP contribution in [0.15, 0.2) is 36.4 Å². The Morgan fingerprint density at radius 1 is 0.857 bits per heavy atom. The second-order valence-corrected chi connectivity index (χ2v) is 5.60. The number of anilines is 1. The first-order valence-electron chi connectivity index (χ1n) is 6.47. The van der Waals surface area contributed by atoms with E-state index in [9.17, 15) is 0 Å². The van der Waals surface area contributed by atoms with Crippen molar-refractivity contribution in [2.24, 2.45) is 0 Å². The Balaban J connectivity index is 2.21. The summed E-state index contributed by atoms with van der Waals surface area (Å²) in [6, 6.07) is 12.1. The van der Waals surface area contributed by atoms with Gasteiger partial charge in [-0.25, -0.2) is 0 Å². The number of ether oxygens (including phenoxy) is 3. The monoisotopic (exact) mass is 399 g/mol. The maximum absolute atomic E-state index is 5.47. The largest absolute Gasteiger partial charge is 0.493 e. The highest BCUT2D eigenvalue weighted by molar-refractivity contribution is 14.1. The van der Waals surface area contributed by atoms with Gasteiger partial charge in [-0.05, 0) is 59.0 Å². The first kappa shape index (κ1) is 15.8. The minimum atomic E-state index is 0.613. The van der Waals surface area contributed by atoms with E-state index in [1.165, 1.54) is 3.57 Å². The molecule has 0 aliphatic carbocycles. The van der Waals surface area contributed by atoms with Crippen LogP contribution < -0.4 is 19.5 Å². The minimum Gasteiger partial charge on any atom is -0.493 e. The second kappa shape index (κ2) is 7.40. The van der Waals surface area contributed by atoms with Crippen LogP contribution in [-0.2, 0) is 6.54 Å². The van der Waals surface area contributed by atoms with Gasteiger partial charge in [0, 0.05) is 21.4 Å². The SMILES string of the molecule is COc1ccc(CNc2ccc(I)cc2)c(OC)c1OC. The van der Waals surface area contributed by atoms with Crippen molar-refractivity contribution in [3.8, 4) is 17.2 Å². The van der Waals surface area contributed by atoms with Gasteiger partial charge in [0.2, 0.25) is 5.75 Å². The molecule has 0 radical (unpaired) electrons. The summed E-state index contributed by atoms with van der Waals surface area (Å²) in [5, 5.41) is 3.37. The van der Waals surface area contributed by atoms with Crippen LogP contribution in [-0.4, -0.2) is 21.3 Å². The first-order chi connectivity index (χ1) is 10.2. The van der Waals surface area contributed by atoms with E-state index >= 15 is 0 Å². The fourth-order valence-corrected chi connectivity index (χ4v) is 2.43. The predicted molar refractivity (Wildman–Crippen MR) is 92.6 cm³/mol. The molecule has 0 spiro atoms. The van der Waals surface area contributed by atoms with Crippen molar-refractivity contribution in [1.29, 1.82) is 0 Å². The summed E-state index contributed by atoms with van der Waals surface area (Å²) in [6.45, 7) is 0.643. The summed E-state index contributed by atoms with van der Waals surface area (Å²) in [6.07, 6.45) is 0. The summed E-state index contributed by atoms with van der Waals surface area (Å²) in [5.74, 6) is 1.96. The maximum Gasteiger partial charge on any atom is 0.203 e. The molecule has 0 aliphatic rings. The average Bonchev–Trinajstić information content (AvgIpc) is 2.53. The Kier molecular flexibility index (Phi) is 5.55. The van der Waals surface area contributed by atoms with Crippen molar-refractivity contribution in [3.63, 3.8) is 0 Å². The molecule has 2 aromatic rings. The Morgan fingerprint density at radius 3 is 2.10 bits per heavy atom. The molecule has 4 nitrogen and oxygen atoms in total. The number of methoxy groups -OCH3 is 3. The fraction of sp³-hybridized carbons (Fsp3) is 0.250. The van der Waals surface area contributed by atoms with Crippen LogP contribution >= 0.6 is 22.6 Å². The van der Waals surface area contributed by atoms with Gasteiger partial charge in [-0.3, -0.25) is 0 Å². The predicted octanol–water partition coefficient (Wildman–Crippen LogP) is 3.93. The average molecular weight is 399 g/mol. The van der Waals surface area contributed by atoms with Gasteiger partial charge in [0.15, 0.2) is 11.5 Å². The highest BCUT2D eigenvalue weighted by Gasteiger charge is 2.15. The zero-order chi connectivity index (χ0) is 15.2. The van der Waals surface area contributed by atoms with E-state index < -0.39 is 0 Å². The van der Waals surface area contributed by atoms with Crippen LogP contribution in [0.3, 0.4) is 0 Å². The van der Waals surface area contributed by atoms with Gasteiger partial charge in [-0.15, -0.1) is 0 Å². The lowest BCUT2D eigenvalue weighted by Crippen LogP contribution is -2.04. The van der Waals surface area contributed by atoms with Crippen molar-refractivity contribution >= 4 is 28.3 Å². The van der Waals surface area contributed by atoms with Crippen LogP contribution in [0.25, 0.3) is 0 Å². The number of halogens is 1. The molecule has 0 saturated carbocycles. The van der Waals surface area contributed by atoms with E-state index in [0.717, 1.165) is 11.3 Å². The van der Waals surface area contributed by atoms with E-state index in [1.54, 1.807) is 21.3 Å². The number of hydrogen-bond acceptors (Lipinski definition) is 4. The van der Waals surface area contributed by atoms with Crippen molar-refractivity contribution in [3.05, 3.63) is 45.5 Å². The van der Waals surface area contributed by atoms with E-state index in [1.807, 2.05) is 12.1 Å². The number of nitrogens with one attached hydrogen (secondary N) is 1. The smallest absolute Gasteiger partial charge is 0.203 e. The topological polar surface area (TPSA) is 39.7 Å². The molecular formula is C16H18INO3. The molecular weight excluding hydrogens is 381 g/mol. The van der Waals surface area contributed by atoms with Crippen LogP contribution in [0.4, 0.5) is 5.69 Å². The van der Waals surface area contributed by atoms with Gasteiger partial charge in [-0.2, -0.15) is 0 Å². The lowest BCUT2D eigenvalue weighted by atomic mass is 10.1. The van der Waals surface area contributed by atoms with Crippen LogP contribution in [0.2, 0.25) is 0 Å². The Bertz CT molecular complexity index is 599. The fourth-order valence-electron chi connectivity index (χ4n) is 2.07. The van der Waals surface area contributed by atoms with Crippen molar-refractivity contribution < 1.29 is 14.2 Å². The lowest BCUT2D eigenvalue weighted by molar-refractivity contribution is 0.322. The third kappa shape index (κ3) is 3.72. The van der Waals surface area contributed by atoms with Gasteiger partial charge in [-0.1, -0.05) is 0 Å². The third-order valence-corrected chi connectivity index (χ3v) is 3.83. The molecule has 21 heavy (non-hydrogen) atoms. The summed E-state index contributed by atoms with van der Waals surface area (Å²) in [5.41, 5.74) is 2.07. The molecule has 0 atom stereocenters. The molecule has 0 saturated heterocycles. The summed E-state index contributed by atoms with van der Waals surface area (Å²) in [7, 11) is 4.85. The van der Waals surface area contributed by atoms with E-state index in [2.05, 4.69) is 52.2 Å². The lowest BCUT2D eigenvalue weighted by Gasteiger charge is -2.16. The molecule has 2 rings (SSSR count). The van der Waals surface area contributed by atoms with Gasteiger partial charge in [0.25, 0.3) is 0 Å². The molecule has 0 aliphatic heterocycles. The summed E-state index contributed by atoms with van der Waals surface area (Å²) >= 11 is 2.29. The zero-order valence-electron chi connectivity index (χ0n) is 12.3. The molecule has 5 heteroatoms. The minimum absolute atomic E-state index is 0.613. The van der Waals surface area contributed by atoms with Gasteiger partial charge >= 0.3 is 0 Å². The molecule has 0 heterocycles. The first-order valence-corrected chi connectivity index (χ1v) is 7.54. The molecule has 2 aromatic carbocycles. The maximum atomic E-state index is 5.47. The van der Waals surface area contributed by atoms with Crippen molar-refractivity contribution in [2.75, 3.05) is 26.6 Å². The highest BCUT2D eigenvalue weighted by atomic mass is 127. The van der Waals surface area contributed by atoms with Crippen LogP contribution in [0, 0.1) is 3.57 Å². The Labute approximate surface area is 138 Å². The number of benzene rings is 2. The normalized spacial score (nSPS) is 10.1. The molecule has 112 valence electrons. The van der Waals surface area contributed by atoms with Crippen LogP contribution in [0.1, 0.15) is 5.56 Å². The Morgan fingerprint density at radius 2 is 1.52 bits per heavy atom. The highest BCUT2D eigenvalue weighted by Crippen LogP contribution is 2.39. The van der Waals surface area contributed by atoms with E-state index in [-0.39, 0.29) is 0 Å². The quantitative estimate of drug-likeness (QED) is 0.748. The molecule has 1 N–H and O–H groups in total. The van der Waals surface area contributed by atoms with Crippen molar-refractivity contribution in [2.45, 2.75) is 6.54 Å². The van der Waals surface area contributed by atoms with Gasteiger partial charge in [0.05, 0.1) is 21.3 Å². The van der Waals surface area contributed by atoms with Crippen molar-refractivity contribution in [1.82, 2.24) is 0 Å². The summed E-state index contributed by atoms with van der Waals surface area (Å²) in [4.78, 5) is 0. The molecule has 0 unspecified atom stereocenters. The zero-order valence-corrected chi connectivity index (χ0v) is 14.4. The van der Waals surface area contributed by atoms with Gasteiger partial charge in [0.1, 0.15) is 0 Å². The standard InChI is InChI=1S/C16H18INO3/c1-19-14-9-4-11(15(20-2)16(14)21-3)10-18-13-7-5-12(17)6-8-13/h4-9,18H,10H2,1-3H3. The van der Waals surface area contributed by atoms with Gasteiger partial charge < -0.3 is 19.5 Å². The number of hydrogen-bond donors (Lipinski definition) is 1. The molecule has 0 amide bonds. The molecule has 0 bridgehead atoms.